The smallest absolute Gasteiger partial charge is 0.191 e. The van der Waals surface area contributed by atoms with Crippen LogP contribution in [0.1, 0.15) is 20.3 Å². The summed E-state index contributed by atoms with van der Waals surface area (Å²) in [5.74, 6) is 1.39. The molecule has 76 valence electrons. The Morgan fingerprint density at radius 3 is 2.85 bits per heavy atom. The monoisotopic (exact) mass is 185 g/mol. The van der Waals surface area contributed by atoms with Gasteiger partial charge in [-0.2, -0.15) is 0 Å². The van der Waals surface area contributed by atoms with E-state index in [0.29, 0.717) is 12.0 Å². The molecule has 0 saturated carbocycles. The number of hydrogen-bond donors (Lipinski definition) is 3. The quantitative estimate of drug-likeness (QED) is 0.575. The van der Waals surface area contributed by atoms with E-state index in [2.05, 4.69) is 29.5 Å². The normalized spacial score (nSPS) is 18.3. The maximum atomic E-state index is 8.86. The van der Waals surface area contributed by atoms with E-state index in [1.165, 1.54) is 0 Å². The van der Waals surface area contributed by atoms with Gasteiger partial charge in [0.15, 0.2) is 5.96 Å². The van der Waals surface area contributed by atoms with Gasteiger partial charge in [-0.25, -0.2) is 0 Å². The Balaban J connectivity index is 2.36. The van der Waals surface area contributed by atoms with Crippen molar-refractivity contribution in [3.05, 3.63) is 0 Å². The summed E-state index contributed by atoms with van der Waals surface area (Å²) in [5, 5.41) is 15.3. The lowest BCUT2D eigenvalue weighted by Gasteiger charge is -2.22. The fourth-order valence-electron chi connectivity index (χ4n) is 1.38. The molecule has 1 atom stereocenters. The Kier molecular flexibility index (Phi) is 4.02. The highest BCUT2D eigenvalue weighted by Gasteiger charge is 2.15. The van der Waals surface area contributed by atoms with Crippen LogP contribution in [0.4, 0.5) is 0 Å². The van der Waals surface area contributed by atoms with Crippen molar-refractivity contribution in [2.24, 2.45) is 10.9 Å². The molecular formula is C9H19N3O. The summed E-state index contributed by atoms with van der Waals surface area (Å²) in [7, 11) is 0. The lowest BCUT2D eigenvalue weighted by atomic mass is 10.0. The molecule has 0 aromatic heterocycles. The highest BCUT2D eigenvalue weighted by Crippen LogP contribution is 2.05. The van der Waals surface area contributed by atoms with E-state index >= 15 is 0 Å². The van der Waals surface area contributed by atoms with Gasteiger partial charge in [0, 0.05) is 19.2 Å². The van der Waals surface area contributed by atoms with E-state index in [-0.39, 0.29) is 6.61 Å². The van der Waals surface area contributed by atoms with Gasteiger partial charge in [-0.05, 0) is 12.3 Å². The second-order valence-corrected chi connectivity index (χ2v) is 3.66. The summed E-state index contributed by atoms with van der Waals surface area (Å²) in [6, 6.07) is 0.314. The molecule has 0 spiro atoms. The van der Waals surface area contributed by atoms with Crippen LogP contribution < -0.4 is 10.6 Å². The number of aliphatic imine (C=N–C) groups is 1. The topological polar surface area (TPSA) is 56.6 Å². The fourth-order valence-corrected chi connectivity index (χ4v) is 1.38. The van der Waals surface area contributed by atoms with Crippen LogP contribution in [-0.4, -0.2) is 36.8 Å². The van der Waals surface area contributed by atoms with Crippen LogP contribution in [0, 0.1) is 5.92 Å². The highest BCUT2D eigenvalue weighted by atomic mass is 16.3. The van der Waals surface area contributed by atoms with Crippen molar-refractivity contribution < 1.29 is 5.11 Å². The zero-order valence-corrected chi connectivity index (χ0v) is 8.38. The van der Waals surface area contributed by atoms with Gasteiger partial charge in [-0.15, -0.1) is 0 Å². The molecule has 1 rings (SSSR count). The summed E-state index contributed by atoms with van der Waals surface area (Å²) in [4.78, 5) is 4.25. The van der Waals surface area contributed by atoms with Gasteiger partial charge in [0.05, 0.1) is 6.54 Å². The molecule has 1 aliphatic rings. The zero-order chi connectivity index (χ0) is 9.68. The lowest BCUT2D eigenvalue weighted by Crippen LogP contribution is -2.44. The molecule has 0 amide bonds. The summed E-state index contributed by atoms with van der Waals surface area (Å²) < 4.78 is 0. The van der Waals surface area contributed by atoms with Crippen LogP contribution in [-0.2, 0) is 0 Å². The fraction of sp³-hybridized carbons (Fsp3) is 0.889. The van der Waals surface area contributed by atoms with Crippen molar-refractivity contribution >= 4 is 5.96 Å². The Labute approximate surface area is 79.4 Å². The summed E-state index contributed by atoms with van der Waals surface area (Å²) >= 11 is 0. The molecule has 4 heteroatoms. The lowest BCUT2D eigenvalue weighted by molar-refractivity contribution is 0.254. The largest absolute Gasteiger partial charge is 0.396 e. The molecule has 0 bridgehead atoms. The first-order valence-corrected chi connectivity index (χ1v) is 4.89. The third-order valence-electron chi connectivity index (χ3n) is 2.24. The number of aliphatic hydroxyl groups excluding tert-OH is 1. The molecule has 0 fully saturated rings. The minimum atomic E-state index is 0.225. The molecular weight excluding hydrogens is 166 g/mol. The maximum Gasteiger partial charge on any atom is 0.191 e. The number of nitrogens with zero attached hydrogens (tertiary/aromatic N) is 1. The van der Waals surface area contributed by atoms with Gasteiger partial charge in [0.25, 0.3) is 0 Å². The Morgan fingerprint density at radius 2 is 2.38 bits per heavy atom. The molecule has 1 unspecified atom stereocenters. The molecule has 1 aliphatic heterocycles. The minimum absolute atomic E-state index is 0.225. The van der Waals surface area contributed by atoms with E-state index in [1.54, 1.807) is 0 Å². The minimum Gasteiger partial charge on any atom is -0.396 e. The number of rotatable bonds is 4. The molecule has 0 aliphatic carbocycles. The van der Waals surface area contributed by atoms with Crippen molar-refractivity contribution in [1.82, 2.24) is 10.6 Å². The Hall–Kier alpha value is -0.770. The van der Waals surface area contributed by atoms with E-state index in [0.717, 1.165) is 25.5 Å². The predicted octanol–water partition coefficient (Wildman–Crippen LogP) is -0.0578. The first kappa shape index (κ1) is 10.3. The summed E-state index contributed by atoms with van der Waals surface area (Å²) in [5.41, 5.74) is 0. The second kappa shape index (κ2) is 5.07. The van der Waals surface area contributed by atoms with E-state index in [9.17, 15) is 0 Å². The molecule has 4 nitrogen and oxygen atoms in total. The van der Waals surface area contributed by atoms with Crippen molar-refractivity contribution in [3.63, 3.8) is 0 Å². The van der Waals surface area contributed by atoms with E-state index in [1.807, 2.05) is 0 Å². The van der Waals surface area contributed by atoms with Crippen LogP contribution in [0.5, 0.6) is 0 Å². The van der Waals surface area contributed by atoms with Crippen molar-refractivity contribution in [1.29, 1.82) is 0 Å². The molecule has 0 aromatic carbocycles. The van der Waals surface area contributed by atoms with Gasteiger partial charge in [0.1, 0.15) is 0 Å². The highest BCUT2D eigenvalue weighted by molar-refractivity contribution is 5.81. The Morgan fingerprint density at radius 1 is 1.62 bits per heavy atom. The molecule has 0 aromatic rings. The molecule has 1 heterocycles. The first-order valence-electron chi connectivity index (χ1n) is 4.89. The third-order valence-corrected chi connectivity index (χ3v) is 2.24. The first-order chi connectivity index (χ1) is 6.24. The average molecular weight is 185 g/mol. The third kappa shape index (κ3) is 3.22. The zero-order valence-electron chi connectivity index (χ0n) is 8.38. The molecule has 0 radical (unpaired) electrons. The number of hydrogen-bond acceptors (Lipinski definition) is 4. The second-order valence-electron chi connectivity index (χ2n) is 3.66. The molecule has 3 N–H and O–H groups in total. The standard InChI is InChI=1S/C9H19N3O/c1-7(2)8(3-6-13)12-9-10-4-5-11-9/h7-8,13H,3-6H2,1-2H3,(H2,10,11,12). The van der Waals surface area contributed by atoms with Gasteiger partial charge >= 0.3 is 0 Å². The number of nitrogens with one attached hydrogen (secondary N) is 2. The summed E-state index contributed by atoms with van der Waals surface area (Å²) in [6.07, 6.45) is 0.776. The van der Waals surface area contributed by atoms with E-state index < -0.39 is 0 Å². The van der Waals surface area contributed by atoms with Crippen molar-refractivity contribution in [2.75, 3.05) is 19.7 Å². The maximum absolute atomic E-state index is 8.86. The van der Waals surface area contributed by atoms with Gasteiger partial charge < -0.3 is 15.7 Å². The van der Waals surface area contributed by atoms with Crippen LogP contribution in [0.25, 0.3) is 0 Å². The van der Waals surface area contributed by atoms with Gasteiger partial charge in [-0.3, -0.25) is 4.99 Å². The Bertz CT molecular complexity index is 180. The van der Waals surface area contributed by atoms with Crippen LogP contribution >= 0.6 is 0 Å². The van der Waals surface area contributed by atoms with Crippen LogP contribution in [0.3, 0.4) is 0 Å². The van der Waals surface area contributed by atoms with Crippen LogP contribution in [0.15, 0.2) is 4.99 Å². The molecule has 13 heavy (non-hydrogen) atoms. The number of guanidine groups is 1. The average Bonchev–Trinajstić information content (AvgIpc) is 2.56. The number of aliphatic hydroxyl groups is 1. The predicted molar refractivity (Wildman–Crippen MR) is 53.8 cm³/mol. The van der Waals surface area contributed by atoms with Gasteiger partial charge in [-0.1, -0.05) is 13.8 Å². The van der Waals surface area contributed by atoms with Crippen molar-refractivity contribution in [3.8, 4) is 0 Å². The summed E-state index contributed by atoms with van der Waals surface area (Å²) in [6.45, 7) is 6.29. The van der Waals surface area contributed by atoms with Crippen molar-refractivity contribution in [2.45, 2.75) is 26.3 Å². The SMILES string of the molecule is CC(C)C(CCO)NC1=NCCN1. The van der Waals surface area contributed by atoms with Crippen LogP contribution in [0.2, 0.25) is 0 Å². The van der Waals surface area contributed by atoms with E-state index in [4.69, 9.17) is 5.11 Å². The molecule has 0 saturated heterocycles. The van der Waals surface area contributed by atoms with Gasteiger partial charge in [0.2, 0.25) is 0 Å².